The Morgan fingerprint density at radius 2 is 1.75 bits per heavy atom. The van der Waals surface area contributed by atoms with Crippen LogP contribution in [-0.2, 0) is 9.47 Å². The average Bonchev–Trinajstić information content (AvgIpc) is 2.67. The van der Waals surface area contributed by atoms with Gasteiger partial charge in [-0.25, -0.2) is 0 Å². The number of ether oxygens (including phenoxy) is 2. The highest BCUT2D eigenvalue weighted by atomic mass is 16.7. The quantitative estimate of drug-likeness (QED) is 0.567. The molecule has 0 atom stereocenters. The summed E-state index contributed by atoms with van der Waals surface area (Å²) < 4.78 is 12.0. The standard InChI is InChI=1S/C22H28O2/c1-3-5-6-18-15-23-22(24-16-18)21-13-11-20(12-14-21)19-9-7-17(4-2)8-10-19/h2-3,7-10,18,20-22H,1,5-6,11-16H2. The molecule has 0 radical (unpaired) electrons. The van der Waals surface area contributed by atoms with Gasteiger partial charge in [-0.05, 0) is 62.1 Å². The van der Waals surface area contributed by atoms with E-state index in [9.17, 15) is 0 Å². The van der Waals surface area contributed by atoms with Crippen LogP contribution < -0.4 is 0 Å². The minimum atomic E-state index is 0.00903. The van der Waals surface area contributed by atoms with Gasteiger partial charge in [-0.15, -0.1) is 13.0 Å². The lowest BCUT2D eigenvalue weighted by molar-refractivity contribution is -0.229. The van der Waals surface area contributed by atoms with Crippen molar-refractivity contribution < 1.29 is 9.47 Å². The van der Waals surface area contributed by atoms with Crippen molar-refractivity contribution in [2.45, 2.75) is 50.7 Å². The molecule has 0 unspecified atom stereocenters. The topological polar surface area (TPSA) is 18.5 Å². The first-order valence-corrected chi connectivity index (χ1v) is 9.21. The second kappa shape index (κ2) is 8.51. The van der Waals surface area contributed by atoms with Gasteiger partial charge in [-0.1, -0.05) is 24.1 Å². The van der Waals surface area contributed by atoms with E-state index in [-0.39, 0.29) is 6.29 Å². The van der Waals surface area contributed by atoms with Crippen LogP contribution >= 0.6 is 0 Å². The van der Waals surface area contributed by atoms with Gasteiger partial charge in [0.1, 0.15) is 0 Å². The van der Waals surface area contributed by atoms with E-state index in [1.165, 1.54) is 31.2 Å². The van der Waals surface area contributed by atoms with E-state index in [4.69, 9.17) is 15.9 Å². The highest BCUT2D eigenvalue weighted by Gasteiger charge is 2.32. The van der Waals surface area contributed by atoms with Gasteiger partial charge in [0.15, 0.2) is 6.29 Å². The molecule has 0 spiro atoms. The number of allylic oxidation sites excluding steroid dienone is 1. The summed E-state index contributed by atoms with van der Waals surface area (Å²) in [5, 5.41) is 0. The van der Waals surface area contributed by atoms with E-state index in [2.05, 4.69) is 36.8 Å². The second-order valence-electron chi connectivity index (χ2n) is 7.15. The maximum atomic E-state index is 6.02. The summed E-state index contributed by atoms with van der Waals surface area (Å²) in [5.74, 6) is 4.42. The Kier molecular flexibility index (Phi) is 6.12. The number of hydrogen-bond donors (Lipinski definition) is 0. The molecule has 2 fully saturated rings. The Morgan fingerprint density at radius 1 is 1.08 bits per heavy atom. The third-order valence-electron chi connectivity index (χ3n) is 5.48. The minimum Gasteiger partial charge on any atom is -0.352 e. The maximum Gasteiger partial charge on any atom is 0.160 e. The van der Waals surface area contributed by atoms with E-state index in [0.717, 1.165) is 31.6 Å². The molecule has 0 N–H and O–H groups in total. The fourth-order valence-electron chi connectivity index (χ4n) is 3.93. The SMILES string of the molecule is C#Cc1ccc(C2CCC(C3OCC(CCC=C)CO3)CC2)cc1. The minimum absolute atomic E-state index is 0.00903. The van der Waals surface area contributed by atoms with Gasteiger partial charge in [-0.2, -0.15) is 0 Å². The fourth-order valence-corrected chi connectivity index (χ4v) is 3.93. The summed E-state index contributed by atoms with van der Waals surface area (Å²) in [6.45, 7) is 5.46. The zero-order chi connectivity index (χ0) is 16.8. The summed E-state index contributed by atoms with van der Waals surface area (Å²) in [6.07, 6.45) is 14.4. The van der Waals surface area contributed by atoms with Crippen LogP contribution in [0.5, 0.6) is 0 Å². The first-order valence-electron chi connectivity index (χ1n) is 9.21. The van der Waals surface area contributed by atoms with Crippen molar-refractivity contribution in [3.8, 4) is 12.3 Å². The molecule has 1 saturated carbocycles. The number of hydrogen-bond acceptors (Lipinski definition) is 2. The van der Waals surface area contributed by atoms with Gasteiger partial charge in [0.2, 0.25) is 0 Å². The number of benzene rings is 1. The van der Waals surface area contributed by atoms with Gasteiger partial charge in [-0.3, -0.25) is 0 Å². The maximum absolute atomic E-state index is 6.02. The third kappa shape index (κ3) is 4.29. The van der Waals surface area contributed by atoms with Crippen LogP contribution in [0.1, 0.15) is 55.6 Å². The van der Waals surface area contributed by atoms with E-state index in [0.29, 0.717) is 17.8 Å². The molecule has 0 aromatic heterocycles. The zero-order valence-electron chi connectivity index (χ0n) is 14.5. The van der Waals surface area contributed by atoms with Crippen molar-refractivity contribution in [3.05, 3.63) is 48.0 Å². The molecule has 1 aliphatic carbocycles. The van der Waals surface area contributed by atoms with Crippen LogP contribution in [0.25, 0.3) is 0 Å². The first-order chi connectivity index (χ1) is 11.8. The molecule has 2 nitrogen and oxygen atoms in total. The average molecular weight is 324 g/mol. The van der Waals surface area contributed by atoms with Crippen molar-refractivity contribution in [3.63, 3.8) is 0 Å². The largest absolute Gasteiger partial charge is 0.352 e. The molecule has 0 bridgehead atoms. The van der Waals surface area contributed by atoms with Crippen molar-refractivity contribution in [1.29, 1.82) is 0 Å². The van der Waals surface area contributed by atoms with Crippen molar-refractivity contribution in [2.24, 2.45) is 11.8 Å². The van der Waals surface area contributed by atoms with E-state index in [1.807, 2.05) is 6.08 Å². The smallest absolute Gasteiger partial charge is 0.160 e. The molecule has 3 rings (SSSR count). The van der Waals surface area contributed by atoms with Gasteiger partial charge >= 0.3 is 0 Å². The molecule has 24 heavy (non-hydrogen) atoms. The summed E-state index contributed by atoms with van der Waals surface area (Å²) in [7, 11) is 0. The Morgan fingerprint density at radius 3 is 2.33 bits per heavy atom. The summed E-state index contributed by atoms with van der Waals surface area (Å²) >= 11 is 0. The van der Waals surface area contributed by atoms with Crippen LogP contribution in [0, 0.1) is 24.2 Å². The van der Waals surface area contributed by atoms with Crippen LogP contribution in [0.3, 0.4) is 0 Å². The molecule has 1 saturated heterocycles. The predicted molar refractivity (Wildman–Crippen MR) is 97.7 cm³/mol. The van der Waals surface area contributed by atoms with E-state index >= 15 is 0 Å². The molecule has 2 heteroatoms. The normalized spacial score (nSPS) is 30.5. The number of terminal acetylenes is 1. The molecule has 128 valence electrons. The molecule has 1 aromatic rings. The van der Waals surface area contributed by atoms with Gasteiger partial charge < -0.3 is 9.47 Å². The Labute approximate surface area is 146 Å². The lowest BCUT2D eigenvalue weighted by atomic mass is 9.78. The van der Waals surface area contributed by atoms with Crippen molar-refractivity contribution >= 4 is 0 Å². The first kappa shape index (κ1) is 17.3. The summed E-state index contributed by atoms with van der Waals surface area (Å²) in [4.78, 5) is 0. The van der Waals surface area contributed by atoms with Crippen LogP contribution in [0.15, 0.2) is 36.9 Å². The Bertz CT molecular complexity index is 553. The molecule has 1 aliphatic heterocycles. The van der Waals surface area contributed by atoms with Gasteiger partial charge in [0.25, 0.3) is 0 Å². The van der Waals surface area contributed by atoms with Crippen LogP contribution in [0.2, 0.25) is 0 Å². The molecule has 2 aliphatic rings. The lowest BCUT2D eigenvalue weighted by Crippen LogP contribution is -2.38. The fraction of sp³-hybridized carbons (Fsp3) is 0.545. The lowest BCUT2D eigenvalue weighted by Gasteiger charge is -2.37. The monoisotopic (exact) mass is 324 g/mol. The predicted octanol–water partition coefficient (Wildman–Crippen LogP) is 4.90. The third-order valence-corrected chi connectivity index (χ3v) is 5.48. The number of rotatable bonds is 5. The van der Waals surface area contributed by atoms with E-state index in [1.54, 1.807) is 0 Å². The molecular formula is C22H28O2. The molecule has 1 aromatic carbocycles. The molecular weight excluding hydrogens is 296 g/mol. The Hall–Kier alpha value is -1.56. The van der Waals surface area contributed by atoms with Crippen molar-refractivity contribution in [1.82, 2.24) is 0 Å². The summed E-state index contributed by atoms with van der Waals surface area (Å²) in [6, 6.07) is 8.49. The van der Waals surface area contributed by atoms with E-state index < -0.39 is 0 Å². The second-order valence-corrected chi connectivity index (χ2v) is 7.15. The molecule has 1 heterocycles. The van der Waals surface area contributed by atoms with Crippen molar-refractivity contribution in [2.75, 3.05) is 13.2 Å². The molecule has 0 amide bonds. The van der Waals surface area contributed by atoms with Crippen LogP contribution in [0.4, 0.5) is 0 Å². The van der Waals surface area contributed by atoms with Crippen LogP contribution in [-0.4, -0.2) is 19.5 Å². The van der Waals surface area contributed by atoms with Gasteiger partial charge in [0.05, 0.1) is 13.2 Å². The Balaban J connectivity index is 1.45. The summed E-state index contributed by atoms with van der Waals surface area (Å²) in [5.41, 5.74) is 2.38. The highest BCUT2D eigenvalue weighted by Crippen LogP contribution is 2.39. The highest BCUT2D eigenvalue weighted by molar-refractivity contribution is 5.35. The zero-order valence-corrected chi connectivity index (χ0v) is 14.5. The van der Waals surface area contributed by atoms with Gasteiger partial charge in [0, 0.05) is 17.4 Å².